The molecule has 1 N–H and O–H groups in total. The van der Waals surface area contributed by atoms with Crippen LogP contribution < -0.4 is 5.32 Å². The summed E-state index contributed by atoms with van der Waals surface area (Å²) in [6, 6.07) is 13.8. The molecule has 2 aromatic heterocycles. The zero-order valence-electron chi connectivity index (χ0n) is 16.2. The minimum atomic E-state index is 0.438. The molecular weight excluding hydrogens is 378 g/mol. The maximum Gasteiger partial charge on any atom is 0.126 e. The molecule has 3 aromatic rings. The topological polar surface area (TPSA) is 64.8 Å². The van der Waals surface area contributed by atoms with E-state index in [1.807, 2.05) is 42.4 Å². The molecule has 0 spiro atoms. The molecule has 0 bridgehead atoms. The molecular formula is C23H21N5S. The lowest BCUT2D eigenvalue weighted by Crippen LogP contribution is -2.35. The SMILES string of the molecule is CSN1CCC(Nc2cc3c(C#Cc4ccc(C#N)cc4)nccc3cn2)CC1. The molecule has 4 rings (SSSR count). The summed E-state index contributed by atoms with van der Waals surface area (Å²) in [5.41, 5.74) is 2.22. The highest BCUT2D eigenvalue weighted by Crippen LogP contribution is 2.22. The van der Waals surface area contributed by atoms with Gasteiger partial charge in [0.15, 0.2) is 0 Å². The smallest absolute Gasteiger partial charge is 0.126 e. The van der Waals surface area contributed by atoms with Gasteiger partial charge < -0.3 is 5.32 Å². The molecule has 0 aliphatic carbocycles. The Hall–Kier alpha value is -3.06. The fourth-order valence-electron chi connectivity index (χ4n) is 3.40. The zero-order valence-corrected chi connectivity index (χ0v) is 17.0. The fourth-order valence-corrected chi connectivity index (χ4v) is 3.97. The lowest BCUT2D eigenvalue weighted by Gasteiger charge is -2.30. The minimum absolute atomic E-state index is 0.438. The average Bonchev–Trinajstić information content (AvgIpc) is 2.78. The second-order valence-corrected chi connectivity index (χ2v) is 7.80. The van der Waals surface area contributed by atoms with Gasteiger partial charge in [0.2, 0.25) is 0 Å². The van der Waals surface area contributed by atoms with Gasteiger partial charge in [0.05, 0.1) is 11.6 Å². The van der Waals surface area contributed by atoms with Crippen LogP contribution in [0.15, 0.2) is 48.8 Å². The number of benzene rings is 1. The number of nitrogens with zero attached hydrogens (tertiary/aromatic N) is 4. The molecule has 6 heteroatoms. The summed E-state index contributed by atoms with van der Waals surface area (Å²) >= 11 is 1.81. The molecule has 0 saturated carbocycles. The number of aromatic nitrogens is 2. The number of piperidine rings is 1. The van der Waals surface area contributed by atoms with Crippen molar-refractivity contribution in [1.82, 2.24) is 14.3 Å². The van der Waals surface area contributed by atoms with Crippen LogP contribution in [0.3, 0.4) is 0 Å². The van der Waals surface area contributed by atoms with Gasteiger partial charge in [-0.1, -0.05) is 17.9 Å². The van der Waals surface area contributed by atoms with Crippen LogP contribution in [-0.4, -0.2) is 39.7 Å². The number of nitrogens with one attached hydrogen (secondary N) is 1. The molecule has 144 valence electrons. The van der Waals surface area contributed by atoms with Crippen LogP contribution in [0.1, 0.15) is 29.7 Å². The van der Waals surface area contributed by atoms with E-state index < -0.39 is 0 Å². The lowest BCUT2D eigenvalue weighted by atomic mass is 10.1. The molecule has 0 unspecified atom stereocenters. The van der Waals surface area contributed by atoms with Crippen molar-refractivity contribution in [2.45, 2.75) is 18.9 Å². The van der Waals surface area contributed by atoms with Crippen molar-refractivity contribution in [1.29, 1.82) is 5.26 Å². The highest BCUT2D eigenvalue weighted by Gasteiger charge is 2.18. The van der Waals surface area contributed by atoms with Gasteiger partial charge in [-0.15, -0.1) is 0 Å². The van der Waals surface area contributed by atoms with Crippen LogP contribution in [0.5, 0.6) is 0 Å². The van der Waals surface area contributed by atoms with Crippen molar-refractivity contribution in [3.05, 3.63) is 65.6 Å². The first-order valence-electron chi connectivity index (χ1n) is 9.58. The van der Waals surface area contributed by atoms with Crippen molar-refractivity contribution >= 4 is 28.5 Å². The lowest BCUT2D eigenvalue weighted by molar-refractivity contribution is 0.359. The number of fused-ring (bicyclic) bond motifs is 1. The van der Waals surface area contributed by atoms with Gasteiger partial charge in [-0.05, 0) is 61.4 Å². The van der Waals surface area contributed by atoms with E-state index in [0.29, 0.717) is 11.6 Å². The number of hydrogen-bond donors (Lipinski definition) is 1. The van der Waals surface area contributed by atoms with Crippen LogP contribution in [0.2, 0.25) is 0 Å². The van der Waals surface area contributed by atoms with Gasteiger partial charge in [0.25, 0.3) is 0 Å². The Kier molecular flexibility index (Phi) is 5.95. The van der Waals surface area contributed by atoms with Crippen molar-refractivity contribution in [3.8, 4) is 17.9 Å². The van der Waals surface area contributed by atoms with E-state index in [1.165, 1.54) is 0 Å². The Morgan fingerprint density at radius 1 is 1.07 bits per heavy atom. The maximum absolute atomic E-state index is 8.91. The molecule has 1 aliphatic heterocycles. The number of anilines is 1. The summed E-state index contributed by atoms with van der Waals surface area (Å²) < 4.78 is 2.40. The summed E-state index contributed by atoms with van der Waals surface area (Å²) in [6.45, 7) is 2.19. The van der Waals surface area contributed by atoms with Crippen molar-refractivity contribution in [2.24, 2.45) is 0 Å². The largest absolute Gasteiger partial charge is 0.367 e. The van der Waals surface area contributed by atoms with Crippen LogP contribution in [0.25, 0.3) is 10.8 Å². The van der Waals surface area contributed by atoms with Crippen molar-refractivity contribution in [3.63, 3.8) is 0 Å². The Balaban J connectivity index is 1.56. The molecule has 0 radical (unpaired) electrons. The van der Waals surface area contributed by atoms with Crippen LogP contribution in [0, 0.1) is 23.2 Å². The summed E-state index contributed by atoms with van der Waals surface area (Å²) in [6.07, 6.45) is 7.99. The van der Waals surface area contributed by atoms with E-state index in [0.717, 1.165) is 53.8 Å². The minimum Gasteiger partial charge on any atom is -0.367 e. The Morgan fingerprint density at radius 2 is 1.83 bits per heavy atom. The van der Waals surface area contributed by atoms with E-state index in [9.17, 15) is 0 Å². The molecule has 3 heterocycles. The Bertz CT molecular complexity index is 1100. The number of pyridine rings is 2. The normalized spacial score (nSPS) is 14.8. The molecule has 1 saturated heterocycles. The number of hydrogen-bond acceptors (Lipinski definition) is 6. The highest BCUT2D eigenvalue weighted by molar-refractivity contribution is 7.96. The first-order chi connectivity index (χ1) is 14.2. The van der Waals surface area contributed by atoms with Crippen LogP contribution >= 0.6 is 11.9 Å². The second kappa shape index (κ2) is 8.96. The maximum atomic E-state index is 8.91. The third-order valence-electron chi connectivity index (χ3n) is 5.05. The van der Waals surface area contributed by atoms with E-state index in [-0.39, 0.29) is 0 Å². The van der Waals surface area contributed by atoms with Gasteiger partial charge in [0.1, 0.15) is 11.5 Å². The van der Waals surface area contributed by atoms with E-state index in [2.05, 4.69) is 43.8 Å². The first-order valence-corrected chi connectivity index (χ1v) is 10.8. The fraction of sp³-hybridized carbons (Fsp3) is 0.261. The monoisotopic (exact) mass is 399 g/mol. The molecule has 1 aromatic carbocycles. The Labute approximate surface area is 175 Å². The quantitative estimate of drug-likeness (QED) is 0.529. The molecule has 5 nitrogen and oxygen atoms in total. The number of rotatable bonds is 3. The summed E-state index contributed by atoms with van der Waals surface area (Å²) in [5.74, 6) is 7.19. The predicted octanol–water partition coefficient (Wildman–Crippen LogP) is 4.06. The Morgan fingerprint density at radius 3 is 2.55 bits per heavy atom. The van der Waals surface area contributed by atoms with E-state index >= 15 is 0 Å². The molecule has 29 heavy (non-hydrogen) atoms. The molecule has 0 amide bonds. The molecule has 1 fully saturated rings. The standard InChI is InChI=1S/C23H21N5S/c1-29-28-12-9-20(10-13-28)27-23-14-21-19(16-26-23)8-11-25-22(21)7-6-17-2-4-18(15-24)5-3-17/h2-5,8,11,14,16,20H,9-10,12-13H2,1H3,(H,26,27). The van der Waals surface area contributed by atoms with Crippen molar-refractivity contribution < 1.29 is 0 Å². The molecule has 1 aliphatic rings. The summed E-state index contributed by atoms with van der Waals surface area (Å²) in [4.78, 5) is 9.06. The van der Waals surface area contributed by atoms with Gasteiger partial charge >= 0.3 is 0 Å². The number of nitriles is 1. The molecule has 0 atom stereocenters. The predicted molar refractivity (Wildman–Crippen MR) is 118 cm³/mol. The summed E-state index contributed by atoms with van der Waals surface area (Å²) in [5, 5.41) is 14.5. The zero-order chi connectivity index (χ0) is 20.1. The van der Waals surface area contributed by atoms with Crippen LogP contribution in [0.4, 0.5) is 5.82 Å². The third-order valence-corrected chi connectivity index (χ3v) is 5.93. The van der Waals surface area contributed by atoms with Crippen molar-refractivity contribution in [2.75, 3.05) is 24.7 Å². The highest BCUT2D eigenvalue weighted by atomic mass is 32.2. The van der Waals surface area contributed by atoms with Gasteiger partial charge in [-0.25, -0.2) is 9.97 Å². The third kappa shape index (κ3) is 4.68. The second-order valence-electron chi connectivity index (χ2n) is 6.92. The average molecular weight is 400 g/mol. The van der Waals surface area contributed by atoms with E-state index in [1.54, 1.807) is 18.3 Å². The van der Waals surface area contributed by atoms with Gasteiger partial charge in [-0.2, -0.15) is 5.26 Å². The van der Waals surface area contributed by atoms with Gasteiger partial charge in [0, 0.05) is 47.9 Å². The van der Waals surface area contributed by atoms with Crippen LogP contribution in [-0.2, 0) is 0 Å². The van der Waals surface area contributed by atoms with Gasteiger partial charge in [-0.3, -0.25) is 4.31 Å². The first kappa shape index (κ1) is 19.3. The van der Waals surface area contributed by atoms with E-state index in [4.69, 9.17) is 5.26 Å². The summed E-state index contributed by atoms with van der Waals surface area (Å²) in [7, 11) is 0.